The predicted molar refractivity (Wildman–Crippen MR) is 73.4 cm³/mol. The van der Waals surface area contributed by atoms with Crippen LogP contribution in [0.2, 0.25) is 0 Å². The number of halogens is 3. The molecule has 0 aliphatic rings. The van der Waals surface area contributed by atoms with E-state index >= 15 is 0 Å². The standard InChI is InChI=1S/C12H16BrF2NO2S/c1-3-5-6-16(4-2)19(17,18)12-10(13)7-9(14)8-11(12)15/h7-8H,3-6H2,1-2H3. The van der Waals surface area contributed by atoms with Gasteiger partial charge in [-0.15, -0.1) is 0 Å². The summed E-state index contributed by atoms with van der Waals surface area (Å²) in [5.41, 5.74) is 0. The van der Waals surface area contributed by atoms with Crippen LogP contribution in [0.4, 0.5) is 8.78 Å². The summed E-state index contributed by atoms with van der Waals surface area (Å²) in [6.45, 7) is 4.18. The van der Waals surface area contributed by atoms with E-state index in [0.29, 0.717) is 19.0 Å². The van der Waals surface area contributed by atoms with E-state index in [9.17, 15) is 17.2 Å². The average molecular weight is 356 g/mol. The molecule has 0 atom stereocenters. The van der Waals surface area contributed by atoms with Crippen LogP contribution in [-0.2, 0) is 10.0 Å². The maximum atomic E-state index is 13.7. The summed E-state index contributed by atoms with van der Waals surface area (Å²) in [6.07, 6.45) is 1.52. The Hall–Kier alpha value is -0.530. The van der Waals surface area contributed by atoms with Crippen molar-refractivity contribution in [1.82, 2.24) is 4.31 Å². The van der Waals surface area contributed by atoms with Crippen LogP contribution in [-0.4, -0.2) is 25.8 Å². The normalized spacial score (nSPS) is 12.1. The lowest BCUT2D eigenvalue weighted by molar-refractivity contribution is 0.414. The number of benzene rings is 1. The third kappa shape index (κ3) is 3.73. The summed E-state index contributed by atoms with van der Waals surface area (Å²) in [4.78, 5) is -0.508. The van der Waals surface area contributed by atoms with E-state index < -0.39 is 26.6 Å². The molecule has 0 aliphatic heterocycles. The van der Waals surface area contributed by atoms with Crippen LogP contribution < -0.4 is 0 Å². The van der Waals surface area contributed by atoms with E-state index in [1.165, 1.54) is 4.31 Å². The Morgan fingerprint density at radius 2 is 1.89 bits per heavy atom. The Kier molecular flexibility index (Phi) is 5.88. The second-order valence-electron chi connectivity index (χ2n) is 4.05. The third-order valence-electron chi connectivity index (χ3n) is 2.67. The van der Waals surface area contributed by atoms with Crippen molar-refractivity contribution in [2.75, 3.05) is 13.1 Å². The first kappa shape index (κ1) is 16.5. The first-order valence-corrected chi connectivity index (χ1v) is 8.22. The molecule has 0 aliphatic carbocycles. The minimum Gasteiger partial charge on any atom is -0.207 e. The molecule has 3 nitrogen and oxygen atoms in total. The highest BCUT2D eigenvalue weighted by atomic mass is 79.9. The van der Waals surface area contributed by atoms with E-state index in [1.54, 1.807) is 6.92 Å². The fourth-order valence-electron chi connectivity index (χ4n) is 1.69. The predicted octanol–water partition coefficient (Wildman–Crippen LogP) is 3.54. The van der Waals surface area contributed by atoms with Crippen molar-refractivity contribution in [3.63, 3.8) is 0 Å². The Balaban J connectivity index is 3.26. The molecule has 0 N–H and O–H groups in total. The van der Waals surface area contributed by atoms with Gasteiger partial charge in [0.15, 0.2) is 0 Å². The zero-order valence-corrected chi connectivity index (χ0v) is 13.2. The van der Waals surface area contributed by atoms with Crippen molar-refractivity contribution < 1.29 is 17.2 Å². The average Bonchev–Trinajstić information content (AvgIpc) is 2.27. The molecular formula is C12H16BrF2NO2S. The molecule has 0 radical (unpaired) electrons. The maximum absolute atomic E-state index is 13.7. The molecule has 0 unspecified atom stereocenters. The molecule has 0 aromatic heterocycles. The summed E-state index contributed by atoms with van der Waals surface area (Å²) in [6, 6.07) is 1.52. The molecule has 0 saturated heterocycles. The summed E-state index contributed by atoms with van der Waals surface area (Å²) in [7, 11) is -3.96. The highest BCUT2D eigenvalue weighted by Crippen LogP contribution is 2.29. The third-order valence-corrected chi connectivity index (χ3v) is 5.61. The number of unbranched alkanes of at least 4 members (excludes halogenated alkanes) is 1. The van der Waals surface area contributed by atoms with E-state index in [4.69, 9.17) is 0 Å². The minimum absolute atomic E-state index is 0.0973. The number of hydrogen-bond donors (Lipinski definition) is 0. The van der Waals surface area contributed by atoms with E-state index in [2.05, 4.69) is 15.9 Å². The molecule has 108 valence electrons. The van der Waals surface area contributed by atoms with Crippen LogP contribution in [0, 0.1) is 11.6 Å². The molecule has 0 spiro atoms. The van der Waals surface area contributed by atoms with Gasteiger partial charge in [-0.25, -0.2) is 17.2 Å². The van der Waals surface area contributed by atoms with Crippen LogP contribution in [0.15, 0.2) is 21.5 Å². The number of rotatable bonds is 6. The van der Waals surface area contributed by atoms with Gasteiger partial charge in [-0.3, -0.25) is 0 Å². The van der Waals surface area contributed by atoms with Gasteiger partial charge >= 0.3 is 0 Å². The van der Waals surface area contributed by atoms with Gasteiger partial charge in [0.05, 0.1) is 0 Å². The minimum atomic E-state index is -3.96. The van der Waals surface area contributed by atoms with Gasteiger partial charge in [-0.05, 0) is 28.4 Å². The number of nitrogens with zero attached hydrogens (tertiary/aromatic N) is 1. The topological polar surface area (TPSA) is 37.4 Å². The second kappa shape index (κ2) is 6.76. The molecule has 19 heavy (non-hydrogen) atoms. The van der Waals surface area contributed by atoms with Gasteiger partial charge < -0.3 is 0 Å². The Morgan fingerprint density at radius 1 is 1.26 bits per heavy atom. The van der Waals surface area contributed by atoms with Crippen LogP contribution in [0.25, 0.3) is 0 Å². The zero-order valence-electron chi connectivity index (χ0n) is 10.8. The van der Waals surface area contributed by atoms with Crippen molar-refractivity contribution in [1.29, 1.82) is 0 Å². The van der Waals surface area contributed by atoms with Crippen LogP contribution in [0.3, 0.4) is 0 Å². The van der Waals surface area contributed by atoms with Gasteiger partial charge in [0.25, 0.3) is 0 Å². The molecule has 0 amide bonds. The fourth-order valence-corrected chi connectivity index (χ4v) is 4.29. The first-order chi connectivity index (χ1) is 8.84. The monoisotopic (exact) mass is 355 g/mol. The van der Waals surface area contributed by atoms with Crippen LogP contribution in [0.5, 0.6) is 0 Å². The molecule has 0 fully saturated rings. The van der Waals surface area contributed by atoms with Gasteiger partial charge in [0.2, 0.25) is 10.0 Å². The van der Waals surface area contributed by atoms with Gasteiger partial charge in [-0.1, -0.05) is 20.3 Å². The smallest absolute Gasteiger partial charge is 0.207 e. The van der Waals surface area contributed by atoms with E-state index in [0.717, 1.165) is 12.5 Å². The summed E-state index contributed by atoms with van der Waals surface area (Å²) in [5, 5.41) is 0. The van der Waals surface area contributed by atoms with Gasteiger partial charge in [0, 0.05) is 23.6 Å². The van der Waals surface area contributed by atoms with E-state index in [1.807, 2.05) is 6.92 Å². The highest BCUT2D eigenvalue weighted by molar-refractivity contribution is 9.10. The van der Waals surface area contributed by atoms with Crippen molar-refractivity contribution in [2.45, 2.75) is 31.6 Å². The SMILES string of the molecule is CCCCN(CC)S(=O)(=O)c1c(F)cc(F)cc1Br. The van der Waals surface area contributed by atoms with E-state index in [-0.39, 0.29) is 11.0 Å². The number of hydrogen-bond acceptors (Lipinski definition) is 2. The second-order valence-corrected chi connectivity index (χ2v) is 6.78. The fraction of sp³-hybridized carbons (Fsp3) is 0.500. The highest BCUT2D eigenvalue weighted by Gasteiger charge is 2.29. The summed E-state index contributed by atoms with van der Waals surface area (Å²) in [5.74, 6) is -1.90. The summed E-state index contributed by atoms with van der Waals surface area (Å²) < 4.78 is 52.6. The molecule has 1 rings (SSSR count). The van der Waals surface area contributed by atoms with Crippen molar-refractivity contribution in [2.24, 2.45) is 0 Å². The van der Waals surface area contributed by atoms with Crippen LogP contribution in [0.1, 0.15) is 26.7 Å². The van der Waals surface area contributed by atoms with Crippen molar-refractivity contribution in [3.05, 3.63) is 28.2 Å². The van der Waals surface area contributed by atoms with Gasteiger partial charge in [-0.2, -0.15) is 4.31 Å². The first-order valence-electron chi connectivity index (χ1n) is 5.99. The lowest BCUT2D eigenvalue weighted by Gasteiger charge is -2.21. The lowest BCUT2D eigenvalue weighted by Crippen LogP contribution is -2.32. The maximum Gasteiger partial charge on any atom is 0.247 e. The Morgan fingerprint density at radius 3 is 2.37 bits per heavy atom. The Labute approximate surface area is 120 Å². The Bertz CT molecular complexity index is 526. The van der Waals surface area contributed by atoms with Crippen LogP contribution >= 0.6 is 15.9 Å². The summed E-state index contributed by atoms with van der Waals surface area (Å²) >= 11 is 2.91. The van der Waals surface area contributed by atoms with Gasteiger partial charge in [0.1, 0.15) is 16.5 Å². The zero-order chi connectivity index (χ0) is 14.6. The van der Waals surface area contributed by atoms with Crippen molar-refractivity contribution in [3.8, 4) is 0 Å². The molecule has 7 heteroatoms. The number of sulfonamides is 1. The molecular weight excluding hydrogens is 340 g/mol. The molecule has 1 aromatic carbocycles. The lowest BCUT2D eigenvalue weighted by atomic mass is 10.3. The molecule has 0 saturated carbocycles. The molecule has 1 aromatic rings. The van der Waals surface area contributed by atoms with Crippen molar-refractivity contribution >= 4 is 26.0 Å². The quantitative estimate of drug-likeness (QED) is 0.782. The molecule has 0 bridgehead atoms. The molecule has 0 heterocycles. The largest absolute Gasteiger partial charge is 0.247 e.